The van der Waals surface area contributed by atoms with E-state index < -0.39 is 0 Å². The van der Waals surface area contributed by atoms with Crippen molar-refractivity contribution in [2.75, 3.05) is 31.1 Å². The molecule has 1 fully saturated rings. The number of amides is 1. The maximum absolute atomic E-state index is 11.3. The van der Waals surface area contributed by atoms with Gasteiger partial charge < -0.3 is 15.5 Å². The molecular weight excluding hydrogens is 250 g/mol. The third-order valence-corrected chi connectivity index (χ3v) is 3.13. The first-order chi connectivity index (χ1) is 8.59. The second-order valence-electron chi connectivity index (χ2n) is 4.09. The fourth-order valence-corrected chi connectivity index (χ4v) is 2.11. The third kappa shape index (κ3) is 2.56. The smallest absolute Gasteiger partial charge is 0.219 e. The molecule has 2 N–H and O–H groups in total. The molecule has 0 unspecified atom stereocenters. The Bertz CT molecular complexity index is 470. The Hall–Kier alpha value is -1.76. The summed E-state index contributed by atoms with van der Waals surface area (Å²) in [6.45, 7) is 4.38. The Kier molecular flexibility index (Phi) is 3.71. The zero-order chi connectivity index (χ0) is 13.1. The number of nitrogens with two attached hydrogens (primary N) is 1. The molecule has 2 heterocycles. The van der Waals surface area contributed by atoms with Gasteiger partial charge in [0.2, 0.25) is 5.91 Å². The topological polar surface area (TPSA) is 75.4 Å². The zero-order valence-electron chi connectivity index (χ0n) is 10.2. The molecule has 1 aromatic rings. The van der Waals surface area contributed by atoms with Gasteiger partial charge >= 0.3 is 0 Å². The van der Waals surface area contributed by atoms with Crippen LogP contribution in [0.1, 0.15) is 12.6 Å². The van der Waals surface area contributed by atoms with Crippen LogP contribution in [0.25, 0.3) is 0 Å². The van der Waals surface area contributed by atoms with Gasteiger partial charge in [-0.2, -0.15) is 0 Å². The molecule has 6 nitrogen and oxygen atoms in total. The molecule has 1 saturated heterocycles. The average Bonchev–Trinajstić information content (AvgIpc) is 2.39. The highest BCUT2D eigenvalue weighted by Crippen LogP contribution is 2.16. The van der Waals surface area contributed by atoms with Crippen LogP contribution in [0.2, 0.25) is 0 Å². The Labute approximate surface area is 111 Å². The van der Waals surface area contributed by atoms with Gasteiger partial charge in [0.25, 0.3) is 0 Å². The van der Waals surface area contributed by atoms with Crippen LogP contribution in [0.4, 0.5) is 5.82 Å². The van der Waals surface area contributed by atoms with Crippen LogP contribution in [-0.4, -0.2) is 51.9 Å². The summed E-state index contributed by atoms with van der Waals surface area (Å²) in [6.07, 6.45) is 3.19. The zero-order valence-corrected chi connectivity index (χ0v) is 11.0. The lowest BCUT2D eigenvalue weighted by Crippen LogP contribution is -2.48. The van der Waals surface area contributed by atoms with E-state index in [1.165, 1.54) is 0 Å². The number of anilines is 1. The van der Waals surface area contributed by atoms with Gasteiger partial charge in [-0.1, -0.05) is 12.2 Å². The summed E-state index contributed by atoms with van der Waals surface area (Å²) >= 11 is 4.97. The van der Waals surface area contributed by atoms with Gasteiger partial charge in [0.05, 0.1) is 0 Å². The lowest BCUT2D eigenvalue weighted by atomic mass is 10.3. The number of carbonyl (C=O) groups excluding carboxylic acids is 1. The first kappa shape index (κ1) is 12.7. The number of piperazine rings is 1. The van der Waals surface area contributed by atoms with Crippen molar-refractivity contribution in [3.8, 4) is 0 Å². The maximum Gasteiger partial charge on any atom is 0.219 e. The van der Waals surface area contributed by atoms with E-state index >= 15 is 0 Å². The SMILES string of the molecule is CC(=O)N1CCN(c2nccnc2C(N)=S)CC1. The molecule has 1 aliphatic heterocycles. The van der Waals surface area contributed by atoms with Crippen LogP contribution in [0.15, 0.2) is 12.4 Å². The summed E-state index contributed by atoms with van der Waals surface area (Å²) in [4.78, 5) is 23.8. The van der Waals surface area contributed by atoms with Crippen LogP contribution in [0.5, 0.6) is 0 Å². The molecule has 0 atom stereocenters. The van der Waals surface area contributed by atoms with E-state index in [9.17, 15) is 4.79 Å². The first-order valence-corrected chi connectivity index (χ1v) is 6.11. The fourth-order valence-electron chi connectivity index (χ4n) is 1.97. The molecule has 1 aromatic heterocycles. The summed E-state index contributed by atoms with van der Waals surface area (Å²) in [5.41, 5.74) is 6.18. The number of hydrogen-bond donors (Lipinski definition) is 1. The van der Waals surface area contributed by atoms with Crippen molar-refractivity contribution < 1.29 is 4.79 Å². The molecular formula is C11H15N5OS. The van der Waals surface area contributed by atoms with Gasteiger partial charge in [0.1, 0.15) is 10.7 Å². The quantitative estimate of drug-likeness (QED) is 0.745. The van der Waals surface area contributed by atoms with Crippen LogP contribution in [0.3, 0.4) is 0 Å². The lowest BCUT2D eigenvalue weighted by molar-refractivity contribution is -0.129. The Balaban J connectivity index is 2.15. The minimum Gasteiger partial charge on any atom is -0.388 e. The minimum absolute atomic E-state index is 0.100. The molecule has 2 rings (SSSR count). The van der Waals surface area contributed by atoms with Gasteiger partial charge in [-0.15, -0.1) is 0 Å². The van der Waals surface area contributed by atoms with E-state index in [2.05, 4.69) is 14.9 Å². The summed E-state index contributed by atoms with van der Waals surface area (Å²) in [7, 11) is 0. The molecule has 0 radical (unpaired) electrons. The number of hydrogen-bond acceptors (Lipinski definition) is 5. The first-order valence-electron chi connectivity index (χ1n) is 5.71. The molecule has 18 heavy (non-hydrogen) atoms. The lowest BCUT2D eigenvalue weighted by Gasteiger charge is -2.35. The van der Waals surface area contributed by atoms with E-state index in [0.29, 0.717) is 37.7 Å². The average molecular weight is 265 g/mol. The number of carbonyl (C=O) groups is 1. The van der Waals surface area contributed by atoms with E-state index in [1.54, 1.807) is 19.3 Å². The van der Waals surface area contributed by atoms with Crippen LogP contribution in [-0.2, 0) is 4.79 Å². The van der Waals surface area contributed by atoms with E-state index in [1.807, 2.05) is 4.90 Å². The van der Waals surface area contributed by atoms with Crippen LogP contribution >= 0.6 is 12.2 Å². The van der Waals surface area contributed by atoms with Crippen molar-refractivity contribution in [2.45, 2.75) is 6.92 Å². The van der Waals surface area contributed by atoms with Gasteiger partial charge in [-0.05, 0) is 0 Å². The minimum atomic E-state index is 0.100. The summed E-state index contributed by atoms with van der Waals surface area (Å²) in [5.74, 6) is 0.802. The van der Waals surface area contributed by atoms with Crippen molar-refractivity contribution in [3.05, 3.63) is 18.1 Å². The predicted molar refractivity (Wildman–Crippen MR) is 72.4 cm³/mol. The molecule has 1 amide bonds. The standard InChI is InChI=1S/C11H15N5OS/c1-8(17)15-4-6-16(7-5-15)11-9(10(12)18)13-2-3-14-11/h2-3H,4-7H2,1H3,(H2,12,18). The number of thiocarbonyl (C=S) groups is 1. The van der Waals surface area contributed by atoms with Crippen LogP contribution < -0.4 is 10.6 Å². The highest BCUT2D eigenvalue weighted by Gasteiger charge is 2.22. The molecule has 0 spiro atoms. The molecule has 0 aromatic carbocycles. The summed E-state index contributed by atoms with van der Waals surface area (Å²) < 4.78 is 0. The van der Waals surface area contributed by atoms with Crippen molar-refractivity contribution in [1.82, 2.24) is 14.9 Å². The van der Waals surface area contributed by atoms with Gasteiger partial charge in [-0.3, -0.25) is 4.79 Å². The molecule has 96 valence electrons. The van der Waals surface area contributed by atoms with Gasteiger partial charge in [0, 0.05) is 45.5 Å². The second kappa shape index (κ2) is 5.26. The number of rotatable bonds is 2. The Morgan fingerprint density at radius 3 is 2.44 bits per heavy atom. The summed E-state index contributed by atoms with van der Waals surface area (Å²) in [5, 5.41) is 0. The number of nitrogens with zero attached hydrogens (tertiary/aromatic N) is 4. The largest absolute Gasteiger partial charge is 0.388 e. The Morgan fingerprint density at radius 2 is 1.89 bits per heavy atom. The monoisotopic (exact) mass is 265 g/mol. The summed E-state index contributed by atoms with van der Waals surface area (Å²) in [6, 6.07) is 0. The van der Waals surface area contributed by atoms with Crippen molar-refractivity contribution in [3.63, 3.8) is 0 Å². The Morgan fingerprint density at radius 1 is 1.28 bits per heavy atom. The van der Waals surface area contributed by atoms with Crippen LogP contribution in [0, 0.1) is 0 Å². The maximum atomic E-state index is 11.3. The molecule has 0 bridgehead atoms. The normalized spacial score (nSPS) is 15.6. The molecule has 0 aliphatic carbocycles. The highest BCUT2D eigenvalue weighted by molar-refractivity contribution is 7.80. The highest BCUT2D eigenvalue weighted by atomic mass is 32.1. The predicted octanol–water partition coefficient (Wildman–Crippen LogP) is -0.221. The molecule has 1 aliphatic rings. The molecule has 7 heteroatoms. The van der Waals surface area contributed by atoms with Gasteiger partial charge in [0.15, 0.2) is 5.82 Å². The van der Waals surface area contributed by atoms with Gasteiger partial charge in [-0.25, -0.2) is 9.97 Å². The van der Waals surface area contributed by atoms with E-state index in [4.69, 9.17) is 18.0 Å². The van der Waals surface area contributed by atoms with Crippen molar-refractivity contribution in [2.24, 2.45) is 5.73 Å². The van der Waals surface area contributed by atoms with Crippen molar-refractivity contribution in [1.29, 1.82) is 0 Å². The number of aromatic nitrogens is 2. The van der Waals surface area contributed by atoms with E-state index in [0.717, 1.165) is 0 Å². The van der Waals surface area contributed by atoms with Crippen molar-refractivity contribution >= 4 is 28.9 Å². The second-order valence-corrected chi connectivity index (χ2v) is 4.53. The third-order valence-electron chi connectivity index (χ3n) is 2.94. The molecule has 0 saturated carbocycles. The fraction of sp³-hybridized carbons (Fsp3) is 0.455. The van der Waals surface area contributed by atoms with E-state index in [-0.39, 0.29) is 10.9 Å².